The molecule has 0 saturated carbocycles. The Hall–Kier alpha value is -3.84. The van der Waals surface area contributed by atoms with Crippen molar-refractivity contribution in [3.05, 3.63) is 107 Å². The van der Waals surface area contributed by atoms with Gasteiger partial charge in [-0.25, -0.2) is 4.99 Å². The summed E-state index contributed by atoms with van der Waals surface area (Å²) in [4.78, 5) is 30.6. The average molecular weight is 471 g/mol. The number of aryl methyl sites for hydroxylation is 1. The van der Waals surface area contributed by atoms with E-state index in [1.807, 2.05) is 98.8 Å². The van der Waals surface area contributed by atoms with Crippen LogP contribution in [-0.4, -0.2) is 22.7 Å². The molecule has 0 spiro atoms. The number of amidine groups is 1. The van der Waals surface area contributed by atoms with Crippen molar-refractivity contribution in [2.45, 2.75) is 19.9 Å². The number of aliphatic imine (C=N–C) groups is 1. The second-order valence-corrected chi connectivity index (χ2v) is 8.85. The Morgan fingerprint density at radius 2 is 1.53 bits per heavy atom. The number of hydrogen-bond acceptors (Lipinski definition) is 5. The predicted octanol–water partition coefficient (Wildman–Crippen LogP) is 5.28. The van der Waals surface area contributed by atoms with Gasteiger partial charge in [-0.05, 0) is 43.2 Å². The van der Waals surface area contributed by atoms with Crippen LogP contribution in [0.3, 0.4) is 0 Å². The van der Waals surface area contributed by atoms with E-state index in [9.17, 15) is 9.59 Å². The third-order valence-corrected chi connectivity index (χ3v) is 6.26. The number of allylic oxidation sites excluding steroid dienone is 1. The highest BCUT2D eigenvalue weighted by molar-refractivity contribution is 8.14. The molecule has 1 aliphatic rings. The van der Waals surface area contributed by atoms with Crippen molar-refractivity contribution < 1.29 is 9.59 Å². The second kappa shape index (κ2) is 10.9. The third kappa shape index (κ3) is 5.74. The number of nitrogens with one attached hydrogen (secondary N) is 3. The van der Waals surface area contributed by atoms with Gasteiger partial charge in [-0.1, -0.05) is 78.5 Å². The summed E-state index contributed by atoms with van der Waals surface area (Å²) >= 11 is 1.31. The molecule has 0 aromatic heterocycles. The van der Waals surface area contributed by atoms with Gasteiger partial charge in [0, 0.05) is 17.1 Å². The fourth-order valence-corrected chi connectivity index (χ4v) is 4.39. The monoisotopic (exact) mass is 470 g/mol. The van der Waals surface area contributed by atoms with E-state index in [0.717, 1.165) is 22.5 Å². The van der Waals surface area contributed by atoms with Crippen molar-refractivity contribution in [2.24, 2.45) is 4.99 Å². The largest absolute Gasteiger partial charge is 0.338 e. The molecule has 3 N–H and O–H groups in total. The number of benzene rings is 3. The molecule has 0 fully saturated rings. The summed E-state index contributed by atoms with van der Waals surface area (Å²) in [7, 11) is 0. The second-order valence-electron chi connectivity index (χ2n) is 7.88. The van der Waals surface area contributed by atoms with Gasteiger partial charge < -0.3 is 16.0 Å². The molecule has 7 heteroatoms. The van der Waals surface area contributed by atoms with Gasteiger partial charge >= 0.3 is 0 Å². The number of para-hydroxylation sites is 2. The Morgan fingerprint density at radius 3 is 2.24 bits per heavy atom. The van der Waals surface area contributed by atoms with Crippen LogP contribution in [-0.2, 0) is 9.59 Å². The maximum absolute atomic E-state index is 13.2. The summed E-state index contributed by atoms with van der Waals surface area (Å²) < 4.78 is 0. The van der Waals surface area contributed by atoms with E-state index in [1.54, 1.807) is 0 Å². The summed E-state index contributed by atoms with van der Waals surface area (Å²) in [5.74, 6) is -0.134. The van der Waals surface area contributed by atoms with Gasteiger partial charge in [0.05, 0.1) is 11.3 Å². The minimum Gasteiger partial charge on any atom is -0.338 e. The molecule has 0 saturated heterocycles. The standard InChI is InChI=1S/C27H26N4O2S/c1-18-11-9-10-16-22(18)30-23(32)17-34-27-28-19(2)24(25(31-27)20-12-5-3-6-13-20)26(33)29-21-14-7-4-8-15-21/h3-16,25H,17H2,1-2H3,(H,28,31)(H,29,33)(H,30,32)/t25-/m1/s1. The summed E-state index contributed by atoms with van der Waals surface area (Å²) in [6.45, 7) is 3.81. The van der Waals surface area contributed by atoms with Crippen LogP contribution in [0.5, 0.6) is 0 Å². The van der Waals surface area contributed by atoms with Gasteiger partial charge in [0.15, 0.2) is 5.17 Å². The molecule has 0 bridgehead atoms. The van der Waals surface area contributed by atoms with Crippen molar-refractivity contribution in [3.63, 3.8) is 0 Å². The van der Waals surface area contributed by atoms with Gasteiger partial charge in [0.25, 0.3) is 5.91 Å². The van der Waals surface area contributed by atoms with Crippen LogP contribution in [0.25, 0.3) is 0 Å². The summed E-state index contributed by atoms with van der Waals surface area (Å²) in [5.41, 5.74) is 4.68. The summed E-state index contributed by atoms with van der Waals surface area (Å²) in [6.07, 6.45) is 0. The van der Waals surface area contributed by atoms with E-state index >= 15 is 0 Å². The zero-order chi connectivity index (χ0) is 23.9. The third-order valence-electron chi connectivity index (χ3n) is 5.37. The topological polar surface area (TPSA) is 82.6 Å². The highest BCUT2D eigenvalue weighted by Gasteiger charge is 2.29. The van der Waals surface area contributed by atoms with Crippen LogP contribution in [0, 0.1) is 6.92 Å². The first kappa shape index (κ1) is 23.3. The lowest BCUT2D eigenvalue weighted by atomic mass is 9.96. The summed E-state index contributed by atoms with van der Waals surface area (Å²) in [6, 6.07) is 26.2. The van der Waals surface area contributed by atoms with E-state index in [-0.39, 0.29) is 17.6 Å². The first-order valence-electron chi connectivity index (χ1n) is 11.0. The number of hydrogen-bond donors (Lipinski definition) is 3. The van der Waals surface area contributed by atoms with Crippen LogP contribution < -0.4 is 16.0 Å². The molecule has 1 heterocycles. The van der Waals surface area contributed by atoms with Crippen LogP contribution in [0.15, 0.2) is 101 Å². The number of anilines is 2. The van der Waals surface area contributed by atoms with Crippen LogP contribution in [0.1, 0.15) is 24.1 Å². The van der Waals surface area contributed by atoms with E-state index in [4.69, 9.17) is 4.99 Å². The molecule has 4 rings (SSSR count). The molecule has 34 heavy (non-hydrogen) atoms. The molecule has 0 aliphatic carbocycles. The first-order valence-corrected chi connectivity index (χ1v) is 11.9. The molecule has 2 amide bonds. The zero-order valence-corrected chi connectivity index (χ0v) is 19.9. The minimum atomic E-state index is -0.479. The molecule has 1 atom stereocenters. The van der Waals surface area contributed by atoms with Crippen molar-refractivity contribution in [2.75, 3.05) is 16.4 Å². The predicted molar refractivity (Wildman–Crippen MR) is 140 cm³/mol. The Kier molecular flexibility index (Phi) is 7.44. The van der Waals surface area contributed by atoms with E-state index in [0.29, 0.717) is 16.4 Å². The molecule has 0 unspecified atom stereocenters. The number of thioether (sulfide) groups is 1. The zero-order valence-electron chi connectivity index (χ0n) is 19.0. The lowest BCUT2D eigenvalue weighted by molar-refractivity contribution is -0.114. The number of nitrogens with zero attached hydrogens (tertiary/aromatic N) is 1. The molecular formula is C27H26N4O2S. The van der Waals surface area contributed by atoms with E-state index in [2.05, 4.69) is 16.0 Å². The fraction of sp³-hybridized carbons (Fsp3) is 0.148. The van der Waals surface area contributed by atoms with Crippen LogP contribution in [0.2, 0.25) is 0 Å². The molecule has 0 radical (unpaired) electrons. The molecule has 172 valence electrons. The van der Waals surface area contributed by atoms with Crippen molar-refractivity contribution in [1.82, 2.24) is 5.32 Å². The SMILES string of the molecule is CC1=C(C(=O)Nc2ccccc2)[C@@H](c2ccccc2)N=C(SCC(=O)Nc2ccccc2C)N1. The molecular weight excluding hydrogens is 444 g/mol. The number of carbonyl (C=O) groups is 2. The Bertz CT molecular complexity index is 1240. The summed E-state index contributed by atoms with van der Waals surface area (Å²) in [5, 5.41) is 9.72. The number of amides is 2. The normalized spacial score (nSPS) is 15.2. The van der Waals surface area contributed by atoms with Gasteiger partial charge in [-0.15, -0.1) is 0 Å². The molecule has 1 aliphatic heterocycles. The maximum Gasteiger partial charge on any atom is 0.255 e. The van der Waals surface area contributed by atoms with Gasteiger partial charge in [-0.2, -0.15) is 0 Å². The maximum atomic E-state index is 13.2. The Labute approximate surface area is 203 Å². The molecule has 3 aromatic rings. The first-order chi connectivity index (χ1) is 16.5. The fourth-order valence-electron chi connectivity index (χ4n) is 3.64. The van der Waals surface area contributed by atoms with Crippen LogP contribution >= 0.6 is 11.8 Å². The number of rotatable bonds is 6. The highest BCUT2D eigenvalue weighted by atomic mass is 32.2. The van der Waals surface area contributed by atoms with Gasteiger partial charge in [0.1, 0.15) is 6.04 Å². The Morgan fingerprint density at radius 1 is 0.882 bits per heavy atom. The molecule has 3 aromatic carbocycles. The lowest BCUT2D eigenvalue weighted by Gasteiger charge is -2.26. The Balaban J connectivity index is 1.51. The highest BCUT2D eigenvalue weighted by Crippen LogP contribution is 2.33. The molecule has 6 nitrogen and oxygen atoms in total. The van der Waals surface area contributed by atoms with Gasteiger partial charge in [-0.3, -0.25) is 9.59 Å². The smallest absolute Gasteiger partial charge is 0.255 e. The van der Waals surface area contributed by atoms with E-state index in [1.165, 1.54) is 11.8 Å². The quantitative estimate of drug-likeness (QED) is 0.458. The van der Waals surface area contributed by atoms with Gasteiger partial charge in [0.2, 0.25) is 5.91 Å². The average Bonchev–Trinajstić information content (AvgIpc) is 2.85. The van der Waals surface area contributed by atoms with Crippen molar-refractivity contribution in [1.29, 1.82) is 0 Å². The van der Waals surface area contributed by atoms with E-state index < -0.39 is 6.04 Å². The van der Waals surface area contributed by atoms with Crippen molar-refractivity contribution >= 4 is 40.1 Å². The van der Waals surface area contributed by atoms with Crippen LogP contribution in [0.4, 0.5) is 11.4 Å². The number of carbonyl (C=O) groups excluding carboxylic acids is 2. The minimum absolute atomic E-state index is 0.116. The van der Waals surface area contributed by atoms with Crippen molar-refractivity contribution in [3.8, 4) is 0 Å². The lowest BCUT2D eigenvalue weighted by Crippen LogP contribution is -2.32.